The fraction of sp³-hybridized carbons (Fsp3) is 0.167. The fourth-order valence-electron chi connectivity index (χ4n) is 1.65. The lowest BCUT2D eigenvalue weighted by Crippen LogP contribution is -2.01. The molecule has 1 aromatic heterocycles. The summed E-state index contributed by atoms with van der Waals surface area (Å²) in [6, 6.07) is 3.23. The first-order valence-electron chi connectivity index (χ1n) is 5.30. The summed E-state index contributed by atoms with van der Waals surface area (Å²) in [7, 11) is 3.17. The van der Waals surface area contributed by atoms with Crippen LogP contribution in [-0.2, 0) is 0 Å². The lowest BCUT2D eigenvalue weighted by Gasteiger charge is -2.12. The quantitative estimate of drug-likeness (QED) is 0.860. The number of methoxy groups -OCH3 is 1. The first kappa shape index (κ1) is 14.0. The van der Waals surface area contributed by atoms with Gasteiger partial charge in [0.25, 0.3) is 0 Å². The van der Waals surface area contributed by atoms with E-state index >= 15 is 0 Å². The number of halogens is 3. The molecule has 1 N–H and O–H groups in total. The van der Waals surface area contributed by atoms with E-state index < -0.39 is 5.82 Å². The molecule has 0 aliphatic heterocycles. The SMILES string of the molecule is CNc1ncnc(-c2ccc(Br)c(Cl)c2F)c1OC. The van der Waals surface area contributed by atoms with Crippen LogP contribution in [0.25, 0.3) is 11.3 Å². The largest absolute Gasteiger partial charge is 0.491 e. The van der Waals surface area contributed by atoms with Crippen molar-refractivity contribution in [2.24, 2.45) is 0 Å². The summed E-state index contributed by atoms with van der Waals surface area (Å²) in [5, 5.41) is 2.87. The van der Waals surface area contributed by atoms with Gasteiger partial charge >= 0.3 is 0 Å². The Hall–Kier alpha value is -1.40. The van der Waals surface area contributed by atoms with Crippen molar-refractivity contribution >= 4 is 33.3 Å². The van der Waals surface area contributed by atoms with E-state index in [2.05, 4.69) is 31.2 Å². The zero-order valence-electron chi connectivity index (χ0n) is 10.2. The van der Waals surface area contributed by atoms with Gasteiger partial charge in [0.1, 0.15) is 12.0 Å². The molecule has 0 aliphatic carbocycles. The Morgan fingerprint density at radius 1 is 1.37 bits per heavy atom. The molecule has 1 heterocycles. The standard InChI is InChI=1S/C12H10BrClFN3O/c1-16-12-11(19-2)10(17-5-18-12)6-3-4-7(13)8(14)9(6)15/h3-5H,1-2H3,(H,16,17,18). The van der Waals surface area contributed by atoms with Crippen LogP contribution in [-0.4, -0.2) is 24.1 Å². The highest BCUT2D eigenvalue weighted by molar-refractivity contribution is 9.10. The van der Waals surface area contributed by atoms with Gasteiger partial charge in [0.2, 0.25) is 0 Å². The Balaban J connectivity index is 2.69. The molecule has 2 aromatic rings. The van der Waals surface area contributed by atoms with Crippen molar-refractivity contribution in [1.29, 1.82) is 0 Å². The minimum absolute atomic E-state index is 0.00386. The number of hydrogen-bond donors (Lipinski definition) is 1. The predicted molar refractivity (Wildman–Crippen MR) is 76.2 cm³/mol. The minimum atomic E-state index is -0.560. The summed E-state index contributed by atoms with van der Waals surface area (Å²) >= 11 is 9.05. The molecule has 0 saturated heterocycles. The summed E-state index contributed by atoms with van der Waals surface area (Å²) in [6.07, 6.45) is 1.33. The molecule has 0 unspecified atom stereocenters. The zero-order valence-corrected chi connectivity index (χ0v) is 12.5. The third-order valence-corrected chi connectivity index (χ3v) is 3.79. The van der Waals surface area contributed by atoms with Crippen molar-refractivity contribution in [3.63, 3.8) is 0 Å². The first-order valence-corrected chi connectivity index (χ1v) is 6.47. The van der Waals surface area contributed by atoms with Gasteiger partial charge in [-0.05, 0) is 28.1 Å². The minimum Gasteiger partial charge on any atom is -0.491 e. The molecule has 0 bridgehead atoms. The highest BCUT2D eigenvalue weighted by Gasteiger charge is 2.19. The van der Waals surface area contributed by atoms with E-state index in [1.54, 1.807) is 19.2 Å². The summed E-state index contributed by atoms with van der Waals surface area (Å²) in [4.78, 5) is 8.08. The number of rotatable bonds is 3. The van der Waals surface area contributed by atoms with Crippen LogP contribution in [0.1, 0.15) is 0 Å². The van der Waals surface area contributed by atoms with Gasteiger partial charge in [-0.1, -0.05) is 11.6 Å². The molecular weight excluding hydrogens is 337 g/mol. The first-order chi connectivity index (χ1) is 9.10. The molecule has 2 rings (SSSR count). The van der Waals surface area contributed by atoms with Gasteiger partial charge in [-0.3, -0.25) is 0 Å². The van der Waals surface area contributed by atoms with Crippen LogP contribution < -0.4 is 10.1 Å². The summed E-state index contributed by atoms with van der Waals surface area (Å²) in [5.41, 5.74) is 0.595. The third-order valence-electron chi connectivity index (χ3n) is 2.54. The summed E-state index contributed by atoms with van der Waals surface area (Å²) in [6.45, 7) is 0. The topological polar surface area (TPSA) is 47.0 Å². The Bertz CT molecular complexity index is 624. The van der Waals surface area contributed by atoms with Gasteiger partial charge in [-0.2, -0.15) is 0 Å². The number of nitrogens with zero attached hydrogens (tertiary/aromatic N) is 2. The average Bonchev–Trinajstić information content (AvgIpc) is 2.44. The van der Waals surface area contributed by atoms with Crippen LogP contribution in [0, 0.1) is 5.82 Å². The van der Waals surface area contributed by atoms with E-state index in [-0.39, 0.29) is 10.6 Å². The van der Waals surface area contributed by atoms with Gasteiger partial charge in [0.05, 0.1) is 12.1 Å². The highest BCUT2D eigenvalue weighted by atomic mass is 79.9. The molecular formula is C12H10BrClFN3O. The maximum absolute atomic E-state index is 14.2. The lowest BCUT2D eigenvalue weighted by atomic mass is 10.1. The van der Waals surface area contributed by atoms with E-state index in [9.17, 15) is 4.39 Å². The molecule has 0 radical (unpaired) electrons. The van der Waals surface area contributed by atoms with Crippen molar-refractivity contribution in [3.8, 4) is 17.0 Å². The predicted octanol–water partition coefficient (Wildman–Crippen LogP) is 3.75. The molecule has 100 valence electrons. The zero-order chi connectivity index (χ0) is 14.0. The molecule has 7 heteroatoms. The maximum Gasteiger partial charge on any atom is 0.187 e. The summed E-state index contributed by atoms with van der Waals surface area (Å²) in [5.74, 6) is 0.281. The Morgan fingerprint density at radius 3 is 2.74 bits per heavy atom. The maximum atomic E-state index is 14.2. The molecule has 0 amide bonds. The van der Waals surface area contributed by atoms with Gasteiger partial charge in [-0.25, -0.2) is 14.4 Å². The van der Waals surface area contributed by atoms with Crippen LogP contribution in [0.4, 0.5) is 10.2 Å². The van der Waals surface area contributed by atoms with E-state index in [0.717, 1.165) is 0 Å². The van der Waals surface area contributed by atoms with Gasteiger partial charge in [-0.15, -0.1) is 0 Å². The molecule has 0 atom stereocenters. The third kappa shape index (κ3) is 2.50. The number of ether oxygens (including phenoxy) is 1. The van der Waals surface area contributed by atoms with E-state index in [4.69, 9.17) is 16.3 Å². The average molecular weight is 347 g/mol. The molecule has 19 heavy (non-hydrogen) atoms. The van der Waals surface area contributed by atoms with Crippen LogP contribution in [0.15, 0.2) is 22.9 Å². The molecule has 4 nitrogen and oxygen atoms in total. The highest BCUT2D eigenvalue weighted by Crippen LogP contribution is 2.38. The van der Waals surface area contributed by atoms with Gasteiger partial charge in [0, 0.05) is 17.1 Å². The number of hydrogen-bond acceptors (Lipinski definition) is 4. The van der Waals surface area contributed by atoms with E-state index in [1.165, 1.54) is 13.4 Å². The van der Waals surface area contributed by atoms with Crippen molar-refractivity contribution in [3.05, 3.63) is 33.8 Å². The van der Waals surface area contributed by atoms with E-state index in [0.29, 0.717) is 21.7 Å². The van der Waals surface area contributed by atoms with Crippen LogP contribution in [0.2, 0.25) is 5.02 Å². The van der Waals surface area contributed by atoms with Gasteiger partial charge < -0.3 is 10.1 Å². The number of anilines is 1. The monoisotopic (exact) mass is 345 g/mol. The number of aromatic nitrogens is 2. The van der Waals surface area contributed by atoms with Crippen LogP contribution in [0.3, 0.4) is 0 Å². The van der Waals surface area contributed by atoms with Crippen molar-refractivity contribution in [2.75, 3.05) is 19.5 Å². The number of benzene rings is 1. The molecule has 0 fully saturated rings. The van der Waals surface area contributed by atoms with Crippen LogP contribution >= 0.6 is 27.5 Å². The normalized spacial score (nSPS) is 10.4. The van der Waals surface area contributed by atoms with Crippen LogP contribution in [0.5, 0.6) is 5.75 Å². The van der Waals surface area contributed by atoms with Gasteiger partial charge in [0.15, 0.2) is 17.4 Å². The van der Waals surface area contributed by atoms with E-state index in [1.807, 2.05) is 0 Å². The van der Waals surface area contributed by atoms with Crippen molar-refractivity contribution in [2.45, 2.75) is 0 Å². The molecule has 1 aromatic carbocycles. The Morgan fingerprint density at radius 2 is 2.11 bits per heavy atom. The fourth-order valence-corrected chi connectivity index (χ4v) is 2.12. The summed E-state index contributed by atoms with van der Waals surface area (Å²) < 4.78 is 19.9. The second-order valence-corrected chi connectivity index (χ2v) is 4.81. The smallest absolute Gasteiger partial charge is 0.187 e. The Kier molecular flexibility index (Phi) is 4.21. The Labute approximate surface area is 123 Å². The molecule has 0 aliphatic rings. The lowest BCUT2D eigenvalue weighted by molar-refractivity contribution is 0.414. The second kappa shape index (κ2) is 5.71. The second-order valence-electron chi connectivity index (χ2n) is 3.58. The molecule has 0 saturated carbocycles. The van der Waals surface area contributed by atoms with Crippen molar-refractivity contribution in [1.82, 2.24) is 9.97 Å². The molecule has 0 spiro atoms. The van der Waals surface area contributed by atoms with Crippen molar-refractivity contribution < 1.29 is 9.13 Å². The number of nitrogens with one attached hydrogen (secondary N) is 1.